The Kier molecular flexibility index (Phi) is 3.42. The molecule has 1 unspecified atom stereocenters. The minimum atomic E-state index is -0.0953. The SMILES string of the molecule is COC(=O)C1CCC2=C(CCC(=O)CC2)C1. The molecular formula is C13H18O3. The first kappa shape index (κ1) is 11.4. The predicted molar refractivity (Wildman–Crippen MR) is 59.9 cm³/mol. The number of carbonyl (C=O) groups is 2. The number of hydrogen-bond donors (Lipinski definition) is 0. The zero-order chi connectivity index (χ0) is 11.5. The fourth-order valence-corrected chi connectivity index (χ4v) is 2.72. The van der Waals surface area contributed by atoms with Gasteiger partial charge in [-0.15, -0.1) is 0 Å². The first-order valence-electron chi connectivity index (χ1n) is 6.00. The highest BCUT2D eigenvalue weighted by atomic mass is 16.5. The van der Waals surface area contributed by atoms with Gasteiger partial charge in [-0.1, -0.05) is 11.1 Å². The van der Waals surface area contributed by atoms with Crippen LogP contribution in [0.25, 0.3) is 0 Å². The van der Waals surface area contributed by atoms with Crippen LogP contribution in [0.4, 0.5) is 0 Å². The minimum Gasteiger partial charge on any atom is -0.469 e. The van der Waals surface area contributed by atoms with E-state index < -0.39 is 0 Å². The average molecular weight is 222 g/mol. The molecule has 16 heavy (non-hydrogen) atoms. The van der Waals surface area contributed by atoms with Crippen molar-refractivity contribution in [2.24, 2.45) is 5.92 Å². The van der Waals surface area contributed by atoms with Crippen molar-refractivity contribution in [2.45, 2.75) is 44.9 Å². The summed E-state index contributed by atoms with van der Waals surface area (Å²) in [7, 11) is 1.45. The fraction of sp³-hybridized carbons (Fsp3) is 0.692. The number of allylic oxidation sites excluding steroid dienone is 2. The van der Waals surface area contributed by atoms with E-state index in [1.807, 2.05) is 0 Å². The second kappa shape index (κ2) is 4.81. The molecule has 0 saturated heterocycles. The van der Waals surface area contributed by atoms with Crippen LogP contribution in [-0.4, -0.2) is 18.9 Å². The van der Waals surface area contributed by atoms with Crippen molar-refractivity contribution in [1.82, 2.24) is 0 Å². The molecule has 88 valence electrons. The summed E-state index contributed by atoms with van der Waals surface area (Å²) in [6.45, 7) is 0. The van der Waals surface area contributed by atoms with E-state index in [2.05, 4.69) is 0 Å². The molecule has 2 rings (SSSR count). The maximum atomic E-state index is 11.5. The van der Waals surface area contributed by atoms with Crippen LogP contribution in [0.2, 0.25) is 0 Å². The Morgan fingerprint density at radius 2 is 1.81 bits per heavy atom. The topological polar surface area (TPSA) is 43.4 Å². The van der Waals surface area contributed by atoms with Crippen molar-refractivity contribution in [3.05, 3.63) is 11.1 Å². The average Bonchev–Trinajstić information content (AvgIpc) is 2.50. The lowest BCUT2D eigenvalue weighted by molar-refractivity contribution is -0.145. The third kappa shape index (κ3) is 2.34. The van der Waals surface area contributed by atoms with Crippen LogP contribution in [0, 0.1) is 5.92 Å². The second-order valence-corrected chi connectivity index (χ2v) is 4.71. The molecule has 0 aromatic rings. The molecule has 3 nitrogen and oxygen atoms in total. The van der Waals surface area contributed by atoms with Gasteiger partial charge in [-0.25, -0.2) is 0 Å². The van der Waals surface area contributed by atoms with E-state index in [0.717, 1.165) is 32.1 Å². The smallest absolute Gasteiger partial charge is 0.308 e. The Morgan fingerprint density at radius 1 is 1.12 bits per heavy atom. The molecule has 0 aromatic carbocycles. The summed E-state index contributed by atoms with van der Waals surface area (Å²) in [6.07, 6.45) is 5.82. The predicted octanol–water partition coefficient (Wildman–Crippen LogP) is 2.40. The summed E-state index contributed by atoms with van der Waals surface area (Å²) in [5, 5.41) is 0. The summed E-state index contributed by atoms with van der Waals surface area (Å²) in [5.41, 5.74) is 2.79. The van der Waals surface area contributed by atoms with Gasteiger partial charge in [0.2, 0.25) is 0 Å². The van der Waals surface area contributed by atoms with Crippen LogP contribution < -0.4 is 0 Å². The normalized spacial score (nSPS) is 26.1. The summed E-state index contributed by atoms with van der Waals surface area (Å²) in [6, 6.07) is 0. The third-order valence-corrected chi connectivity index (χ3v) is 3.73. The van der Waals surface area contributed by atoms with Gasteiger partial charge in [-0.05, 0) is 32.1 Å². The van der Waals surface area contributed by atoms with Gasteiger partial charge in [0, 0.05) is 12.8 Å². The monoisotopic (exact) mass is 222 g/mol. The van der Waals surface area contributed by atoms with Crippen LogP contribution in [0.1, 0.15) is 44.9 Å². The lowest BCUT2D eigenvalue weighted by Gasteiger charge is -2.24. The maximum Gasteiger partial charge on any atom is 0.308 e. The van der Waals surface area contributed by atoms with Gasteiger partial charge >= 0.3 is 5.97 Å². The molecule has 2 aliphatic rings. The number of esters is 1. The van der Waals surface area contributed by atoms with E-state index >= 15 is 0 Å². The Labute approximate surface area is 95.9 Å². The van der Waals surface area contributed by atoms with Crippen molar-refractivity contribution in [2.75, 3.05) is 7.11 Å². The van der Waals surface area contributed by atoms with Crippen LogP contribution in [0.5, 0.6) is 0 Å². The standard InChI is InChI=1S/C13H18O3/c1-16-13(15)11-3-2-9-4-6-12(14)7-5-10(9)8-11/h11H,2-8H2,1H3. The van der Waals surface area contributed by atoms with Crippen LogP contribution in [0.3, 0.4) is 0 Å². The number of methoxy groups -OCH3 is 1. The second-order valence-electron chi connectivity index (χ2n) is 4.71. The number of ketones is 1. The van der Waals surface area contributed by atoms with Gasteiger partial charge in [0.05, 0.1) is 13.0 Å². The van der Waals surface area contributed by atoms with Gasteiger partial charge in [0.1, 0.15) is 5.78 Å². The molecule has 0 spiro atoms. The highest BCUT2D eigenvalue weighted by molar-refractivity contribution is 5.79. The Balaban J connectivity index is 2.07. The van der Waals surface area contributed by atoms with Gasteiger partial charge < -0.3 is 4.74 Å². The molecule has 2 aliphatic carbocycles. The Hall–Kier alpha value is -1.12. The molecule has 1 atom stereocenters. The highest BCUT2D eigenvalue weighted by Crippen LogP contribution is 2.36. The van der Waals surface area contributed by atoms with Crippen molar-refractivity contribution in [3.63, 3.8) is 0 Å². The van der Waals surface area contributed by atoms with Crippen LogP contribution in [0.15, 0.2) is 11.1 Å². The number of carbonyl (C=O) groups excluding carboxylic acids is 2. The van der Waals surface area contributed by atoms with Gasteiger partial charge in [-0.3, -0.25) is 9.59 Å². The molecule has 0 fully saturated rings. The lowest BCUT2D eigenvalue weighted by Crippen LogP contribution is -2.20. The molecule has 0 bridgehead atoms. The molecule has 0 heterocycles. The van der Waals surface area contributed by atoms with E-state index in [0.29, 0.717) is 18.6 Å². The summed E-state index contributed by atoms with van der Waals surface area (Å²) in [5.74, 6) is 0.295. The highest BCUT2D eigenvalue weighted by Gasteiger charge is 2.28. The largest absolute Gasteiger partial charge is 0.469 e. The Morgan fingerprint density at radius 3 is 2.50 bits per heavy atom. The Bertz CT molecular complexity index is 341. The molecule has 3 heteroatoms. The molecular weight excluding hydrogens is 204 g/mol. The van der Waals surface area contributed by atoms with E-state index in [1.54, 1.807) is 0 Å². The first-order valence-corrected chi connectivity index (χ1v) is 6.00. The van der Waals surface area contributed by atoms with Crippen LogP contribution in [-0.2, 0) is 14.3 Å². The zero-order valence-electron chi connectivity index (χ0n) is 9.75. The van der Waals surface area contributed by atoms with Crippen molar-refractivity contribution >= 4 is 11.8 Å². The van der Waals surface area contributed by atoms with Crippen molar-refractivity contribution < 1.29 is 14.3 Å². The third-order valence-electron chi connectivity index (χ3n) is 3.73. The maximum absolute atomic E-state index is 11.5. The number of ether oxygens (including phenoxy) is 1. The van der Waals surface area contributed by atoms with Gasteiger partial charge in [-0.2, -0.15) is 0 Å². The fourth-order valence-electron chi connectivity index (χ4n) is 2.72. The molecule has 0 N–H and O–H groups in total. The summed E-state index contributed by atoms with van der Waals surface area (Å²) >= 11 is 0. The number of Topliss-reactive ketones (excluding diaryl/α,β-unsaturated/α-hetero) is 1. The number of rotatable bonds is 1. The van der Waals surface area contributed by atoms with E-state index in [9.17, 15) is 9.59 Å². The minimum absolute atomic E-state index is 0.0250. The van der Waals surface area contributed by atoms with E-state index in [-0.39, 0.29) is 11.9 Å². The molecule has 0 aliphatic heterocycles. The summed E-state index contributed by atoms with van der Waals surface area (Å²) in [4.78, 5) is 22.9. The lowest BCUT2D eigenvalue weighted by atomic mass is 9.82. The first-order chi connectivity index (χ1) is 7.70. The molecule has 0 radical (unpaired) electrons. The van der Waals surface area contributed by atoms with Gasteiger partial charge in [0.25, 0.3) is 0 Å². The van der Waals surface area contributed by atoms with Crippen LogP contribution >= 0.6 is 0 Å². The van der Waals surface area contributed by atoms with Crippen molar-refractivity contribution in [1.29, 1.82) is 0 Å². The molecule has 0 saturated carbocycles. The van der Waals surface area contributed by atoms with Crippen molar-refractivity contribution in [3.8, 4) is 0 Å². The van der Waals surface area contributed by atoms with E-state index in [1.165, 1.54) is 18.3 Å². The molecule has 0 aromatic heterocycles. The number of hydrogen-bond acceptors (Lipinski definition) is 3. The van der Waals surface area contributed by atoms with E-state index in [4.69, 9.17) is 4.74 Å². The summed E-state index contributed by atoms with van der Waals surface area (Å²) < 4.78 is 4.79. The molecule has 0 amide bonds. The zero-order valence-corrected chi connectivity index (χ0v) is 9.75. The van der Waals surface area contributed by atoms with Gasteiger partial charge in [0.15, 0.2) is 0 Å². The quantitative estimate of drug-likeness (QED) is 0.505.